The Kier molecular flexibility index (Phi) is 2.59. The van der Waals surface area contributed by atoms with E-state index in [1.165, 1.54) is 4.90 Å². The molecule has 0 aromatic rings. The first-order valence-corrected chi connectivity index (χ1v) is 2.58. The summed E-state index contributed by atoms with van der Waals surface area (Å²) in [5.74, 6) is 2.37. The van der Waals surface area contributed by atoms with E-state index >= 15 is 0 Å². The van der Waals surface area contributed by atoms with Crippen LogP contribution in [0.1, 0.15) is 6.92 Å². The maximum atomic E-state index is 10.4. The van der Waals surface area contributed by atoms with Gasteiger partial charge < -0.3 is 10.6 Å². The van der Waals surface area contributed by atoms with Gasteiger partial charge >= 0.3 is 6.03 Å². The smallest absolute Gasteiger partial charge is 0.315 e. The molecule has 0 aliphatic rings. The third-order valence-electron chi connectivity index (χ3n) is 1.17. The molecular weight excluding hydrogens is 116 g/mol. The van der Waals surface area contributed by atoms with Crippen LogP contribution in [0.4, 0.5) is 4.79 Å². The minimum absolute atomic E-state index is 0.220. The van der Waals surface area contributed by atoms with Gasteiger partial charge in [-0.2, -0.15) is 0 Å². The third kappa shape index (κ3) is 2.04. The van der Waals surface area contributed by atoms with Crippen LogP contribution in [0, 0.1) is 12.3 Å². The number of hydrogen-bond donors (Lipinski definition) is 1. The van der Waals surface area contributed by atoms with Crippen LogP contribution in [0.25, 0.3) is 0 Å². The molecule has 0 radical (unpaired) electrons. The number of hydrogen-bond acceptors (Lipinski definition) is 1. The SMILES string of the molecule is C#CC(C)N(C)C(N)=O. The molecule has 0 saturated heterocycles. The van der Waals surface area contributed by atoms with Gasteiger partial charge in [0.25, 0.3) is 0 Å². The lowest BCUT2D eigenvalue weighted by molar-refractivity contribution is 0.213. The second-order valence-corrected chi connectivity index (χ2v) is 1.79. The van der Waals surface area contributed by atoms with Crippen molar-refractivity contribution in [3.8, 4) is 12.3 Å². The minimum Gasteiger partial charge on any atom is -0.351 e. The summed E-state index contributed by atoms with van der Waals surface area (Å²) in [6, 6.07) is -0.719. The summed E-state index contributed by atoms with van der Waals surface area (Å²) in [5.41, 5.74) is 4.90. The average molecular weight is 126 g/mol. The van der Waals surface area contributed by atoms with E-state index in [1.807, 2.05) is 0 Å². The van der Waals surface area contributed by atoms with Crippen molar-refractivity contribution in [1.82, 2.24) is 4.90 Å². The standard InChI is InChI=1S/C6H10N2O/c1-4-5(2)8(3)6(7)9/h1,5H,2-3H3,(H2,7,9). The Morgan fingerprint density at radius 1 is 1.89 bits per heavy atom. The molecule has 0 spiro atoms. The molecule has 9 heavy (non-hydrogen) atoms. The van der Waals surface area contributed by atoms with E-state index in [4.69, 9.17) is 12.2 Å². The molecule has 0 rings (SSSR count). The topological polar surface area (TPSA) is 46.3 Å². The molecule has 3 heteroatoms. The van der Waals surface area contributed by atoms with Crippen molar-refractivity contribution in [3.05, 3.63) is 0 Å². The Hall–Kier alpha value is -1.17. The van der Waals surface area contributed by atoms with Crippen molar-refractivity contribution in [2.24, 2.45) is 5.73 Å². The first-order chi connectivity index (χ1) is 4.09. The molecule has 0 aromatic carbocycles. The molecule has 2 N–H and O–H groups in total. The molecule has 0 saturated carbocycles. The van der Waals surface area contributed by atoms with Crippen LogP contribution in [0.15, 0.2) is 0 Å². The van der Waals surface area contributed by atoms with Crippen LogP contribution < -0.4 is 5.73 Å². The van der Waals surface area contributed by atoms with Gasteiger partial charge in [0, 0.05) is 7.05 Å². The lowest BCUT2D eigenvalue weighted by Gasteiger charge is -2.16. The molecule has 0 aliphatic carbocycles. The quantitative estimate of drug-likeness (QED) is 0.494. The summed E-state index contributed by atoms with van der Waals surface area (Å²) in [4.78, 5) is 11.6. The molecule has 2 amide bonds. The zero-order chi connectivity index (χ0) is 7.44. The molecule has 0 aromatic heterocycles. The van der Waals surface area contributed by atoms with E-state index in [-0.39, 0.29) is 6.04 Å². The van der Waals surface area contributed by atoms with Gasteiger partial charge in [-0.25, -0.2) is 4.79 Å². The van der Waals surface area contributed by atoms with Crippen molar-refractivity contribution in [2.45, 2.75) is 13.0 Å². The summed E-state index contributed by atoms with van der Waals surface area (Å²) in [6.07, 6.45) is 5.01. The molecule has 0 bridgehead atoms. The van der Waals surface area contributed by atoms with Crippen molar-refractivity contribution >= 4 is 6.03 Å². The second-order valence-electron chi connectivity index (χ2n) is 1.79. The van der Waals surface area contributed by atoms with Gasteiger partial charge in [-0.3, -0.25) is 0 Å². The summed E-state index contributed by atoms with van der Waals surface area (Å²) >= 11 is 0. The zero-order valence-corrected chi connectivity index (χ0v) is 5.59. The van der Waals surface area contributed by atoms with Crippen molar-refractivity contribution in [1.29, 1.82) is 0 Å². The van der Waals surface area contributed by atoms with Crippen molar-refractivity contribution in [2.75, 3.05) is 7.05 Å². The van der Waals surface area contributed by atoms with Gasteiger partial charge in [-0.1, -0.05) is 5.92 Å². The van der Waals surface area contributed by atoms with E-state index in [0.717, 1.165) is 0 Å². The van der Waals surface area contributed by atoms with Crippen LogP contribution >= 0.6 is 0 Å². The monoisotopic (exact) mass is 126 g/mol. The average Bonchev–Trinajstić information content (AvgIpc) is 1.84. The second kappa shape index (κ2) is 2.98. The summed E-state index contributed by atoms with van der Waals surface area (Å²) in [5, 5.41) is 0. The van der Waals surface area contributed by atoms with Crippen LogP contribution in [-0.2, 0) is 0 Å². The maximum absolute atomic E-state index is 10.4. The number of carbonyl (C=O) groups is 1. The fourth-order valence-electron chi connectivity index (χ4n) is 0.303. The van der Waals surface area contributed by atoms with E-state index in [0.29, 0.717) is 0 Å². The lowest BCUT2D eigenvalue weighted by Crippen LogP contribution is -2.37. The van der Waals surface area contributed by atoms with Gasteiger partial charge in [0.15, 0.2) is 0 Å². The fourth-order valence-corrected chi connectivity index (χ4v) is 0.303. The minimum atomic E-state index is -0.500. The highest BCUT2D eigenvalue weighted by Crippen LogP contribution is 1.90. The predicted octanol–water partition coefficient (Wildman–Crippen LogP) is 0.0186. The highest BCUT2D eigenvalue weighted by Gasteiger charge is 2.07. The van der Waals surface area contributed by atoms with Crippen LogP contribution in [-0.4, -0.2) is 24.0 Å². The molecule has 0 aliphatic heterocycles. The molecule has 0 fully saturated rings. The fraction of sp³-hybridized carbons (Fsp3) is 0.500. The molecule has 1 atom stereocenters. The Labute approximate surface area is 54.8 Å². The number of nitrogens with two attached hydrogens (primary N) is 1. The van der Waals surface area contributed by atoms with Crippen LogP contribution in [0.2, 0.25) is 0 Å². The van der Waals surface area contributed by atoms with Gasteiger partial charge in [0.05, 0.1) is 6.04 Å². The zero-order valence-electron chi connectivity index (χ0n) is 5.59. The number of urea groups is 1. The van der Waals surface area contributed by atoms with E-state index in [2.05, 4.69) is 5.92 Å². The van der Waals surface area contributed by atoms with Gasteiger partial charge in [0.1, 0.15) is 0 Å². The lowest BCUT2D eigenvalue weighted by atomic mass is 10.3. The highest BCUT2D eigenvalue weighted by molar-refractivity contribution is 5.72. The van der Waals surface area contributed by atoms with E-state index in [1.54, 1.807) is 14.0 Å². The number of primary amides is 1. The van der Waals surface area contributed by atoms with E-state index in [9.17, 15) is 4.79 Å². The van der Waals surface area contributed by atoms with Crippen molar-refractivity contribution in [3.63, 3.8) is 0 Å². The largest absolute Gasteiger partial charge is 0.351 e. The number of amides is 2. The summed E-state index contributed by atoms with van der Waals surface area (Å²) in [6.45, 7) is 1.73. The normalized spacial score (nSPS) is 11.7. The first kappa shape index (κ1) is 7.83. The van der Waals surface area contributed by atoms with Gasteiger partial charge in [0.2, 0.25) is 0 Å². The Balaban J connectivity index is 3.91. The number of nitrogens with zero attached hydrogens (tertiary/aromatic N) is 1. The molecular formula is C6H10N2O. The molecule has 50 valence electrons. The number of rotatable bonds is 1. The molecule has 0 heterocycles. The van der Waals surface area contributed by atoms with Crippen LogP contribution in [0.5, 0.6) is 0 Å². The van der Waals surface area contributed by atoms with E-state index < -0.39 is 6.03 Å². The number of carbonyl (C=O) groups excluding carboxylic acids is 1. The van der Waals surface area contributed by atoms with Gasteiger partial charge in [-0.05, 0) is 6.92 Å². The molecule has 3 nitrogen and oxygen atoms in total. The maximum Gasteiger partial charge on any atom is 0.315 e. The summed E-state index contributed by atoms with van der Waals surface area (Å²) in [7, 11) is 1.56. The Morgan fingerprint density at radius 2 is 2.33 bits per heavy atom. The Bertz CT molecular complexity index is 148. The number of terminal acetylenes is 1. The predicted molar refractivity (Wildman–Crippen MR) is 35.6 cm³/mol. The summed E-state index contributed by atoms with van der Waals surface area (Å²) < 4.78 is 0. The third-order valence-corrected chi connectivity index (χ3v) is 1.17. The van der Waals surface area contributed by atoms with Crippen LogP contribution in [0.3, 0.4) is 0 Å². The van der Waals surface area contributed by atoms with Crippen molar-refractivity contribution < 1.29 is 4.79 Å². The van der Waals surface area contributed by atoms with Gasteiger partial charge in [-0.15, -0.1) is 6.42 Å². The Morgan fingerprint density at radius 3 is 2.44 bits per heavy atom. The molecule has 1 unspecified atom stereocenters. The first-order valence-electron chi connectivity index (χ1n) is 2.58. The highest BCUT2D eigenvalue weighted by atomic mass is 16.2.